The number of nitrogens with one attached hydrogen (secondary N) is 1. The lowest BCUT2D eigenvalue weighted by atomic mass is 10.1. The van der Waals surface area contributed by atoms with Crippen LogP contribution in [0.5, 0.6) is 0 Å². The Kier molecular flexibility index (Phi) is 8.61. The number of rotatable bonds is 10. The maximum Gasteiger partial charge on any atom is 0.307 e. The van der Waals surface area contributed by atoms with Crippen LogP contribution in [0.1, 0.15) is 42.7 Å². The predicted molar refractivity (Wildman–Crippen MR) is 108 cm³/mol. The molecule has 0 fully saturated rings. The van der Waals surface area contributed by atoms with Gasteiger partial charge in [-0.3, -0.25) is 14.4 Å². The molecule has 28 heavy (non-hydrogen) atoms. The summed E-state index contributed by atoms with van der Waals surface area (Å²) >= 11 is 1.20. The summed E-state index contributed by atoms with van der Waals surface area (Å²) in [5.41, 5.74) is 1.17. The second-order valence-electron chi connectivity index (χ2n) is 6.10. The Morgan fingerprint density at radius 1 is 1.14 bits per heavy atom. The fourth-order valence-corrected chi connectivity index (χ4v) is 3.28. The zero-order valence-electron chi connectivity index (χ0n) is 16.1. The maximum absolute atomic E-state index is 12.7. The van der Waals surface area contributed by atoms with E-state index in [2.05, 4.69) is 10.3 Å². The zero-order chi connectivity index (χ0) is 20.4. The Balaban J connectivity index is 1.94. The molecule has 0 aliphatic rings. The number of aromatic nitrogens is 1. The molecule has 0 aliphatic carbocycles. The van der Waals surface area contributed by atoms with Crippen molar-refractivity contribution < 1.29 is 19.1 Å². The Morgan fingerprint density at radius 3 is 2.57 bits per heavy atom. The Morgan fingerprint density at radius 2 is 1.89 bits per heavy atom. The van der Waals surface area contributed by atoms with Crippen molar-refractivity contribution >= 4 is 34.3 Å². The van der Waals surface area contributed by atoms with Crippen LogP contribution in [0.15, 0.2) is 35.7 Å². The summed E-state index contributed by atoms with van der Waals surface area (Å²) in [6, 6.07) is 9.40. The van der Waals surface area contributed by atoms with E-state index >= 15 is 0 Å². The third-order valence-electron chi connectivity index (χ3n) is 3.85. The summed E-state index contributed by atoms with van der Waals surface area (Å²) < 4.78 is 4.91. The smallest absolute Gasteiger partial charge is 0.307 e. The number of hydrogen-bond acceptors (Lipinski definition) is 6. The van der Waals surface area contributed by atoms with Crippen molar-refractivity contribution in [2.75, 3.05) is 25.0 Å². The Labute approximate surface area is 168 Å². The monoisotopic (exact) mass is 403 g/mol. The third-order valence-corrected chi connectivity index (χ3v) is 4.61. The zero-order valence-corrected chi connectivity index (χ0v) is 17.0. The first kappa shape index (κ1) is 21.6. The summed E-state index contributed by atoms with van der Waals surface area (Å²) in [6.07, 6.45) is 1.15. The highest BCUT2D eigenvalue weighted by Crippen LogP contribution is 2.18. The van der Waals surface area contributed by atoms with E-state index in [4.69, 9.17) is 4.74 Å². The molecule has 0 bridgehead atoms. The SMILES string of the molecule is CCCN(CCC(=O)OCC)C(=O)c1csc(NC(=O)Cc2ccccc2)n1. The van der Waals surface area contributed by atoms with E-state index < -0.39 is 0 Å². The van der Waals surface area contributed by atoms with Gasteiger partial charge in [-0.05, 0) is 18.9 Å². The number of nitrogens with zero attached hydrogens (tertiary/aromatic N) is 2. The predicted octanol–water partition coefficient (Wildman–Crippen LogP) is 3.13. The lowest BCUT2D eigenvalue weighted by molar-refractivity contribution is -0.143. The highest BCUT2D eigenvalue weighted by molar-refractivity contribution is 7.14. The van der Waals surface area contributed by atoms with Crippen LogP contribution in [0.4, 0.5) is 5.13 Å². The average molecular weight is 404 g/mol. The van der Waals surface area contributed by atoms with Crippen LogP contribution in [-0.4, -0.2) is 47.4 Å². The molecule has 0 atom stereocenters. The molecule has 1 aromatic heterocycles. The number of hydrogen-bond donors (Lipinski definition) is 1. The van der Waals surface area contributed by atoms with Crippen LogP contribution in [0.2, 0.25) is 0 Å². The number of carbonyl (C=O) groups excluding carboxylic acids is 3. The second-order valence-corrected chi connectivity index (χ2v) is 6.95. The number of amides is 2. The summed E-state index contributed by atoms with van der Waals surface area (Å²) in [5, 5.41) is 4.73. The first-order valence-electron chi connectivity index (χ1n) is 9.27. The Hall–Kier alpha value is -2.74. The molecule has 150 valence electrons. The van der Waals surface area contributed by atoms with Crippen molar-refractivity contribution in [2.45, 2.75) is 33.1 Å². The van der Waals surface area contributed by atoms with E-state index in [0.717, 1.165) is 12.0 Å². The molecule has 1 N–H and O–H groups in total. The van der Waals surface area contributed by atoms with E-state index in [1.807, 2.05) is 37.3 Å². The molecule has 1 heterocycles. The van der Waals surface area contributed by atoms with Gasteiger partial charge in [0.25, 0.3) is 5.91 Å². The van der Waals surface area contributed by atoms with Crippen LogP contribution in [0, 0.1) is 0 Å². The molecule has 0 radical (unpaired) electrons. The first-order chi connectivity index (χ1) is 13.5. The van der Waals surface area contributed by atoms with Gasteiger partial charge >= 0.3 is 5.97 Å². The molecule has 0 saturated carbocycles. The van der Waals surface area contributed by atoms with Gasteiger partial charge < -0.3 is 15.0 Å². The molecule has 0 saturated heterocycles. The van der Waals surface area contributed by atoms with Gasteiger partial charge in [-0.2, -0.15) is 0 Å². The average Bonchev–Trinajstić information content (AvgIpc) is 3.14. The van der Waals surface area contributed by atoms with Crippen molar-refractivity contribution in [1.29, 1.82) is 0 Å². The molecule has 0 unspecified atom stereocenters. The van der Waals surface area contributed by atoms with Gasteiger partial charge in [0.1, 0.15) is 5.69 Å². The number of benzene rings is 1. The quantitative estimate of drug-likeness (QED) is 0.616. The minimum Gasteiger partial charge on any atom is -0.466 e. The van der Waals surface area contributed by atoms with Crippen molar-refractivity contribution in [3.63, 3.8) is 0 Å². The van der Waals surface area contributed by atoms with E-state index in [1.54, 1.807) is 17.2 Å². The minimum absolute atomic E-state index is 0.143. The van der Waals surface area contributed by atoms with Crippen LogP contribution < -0.4 is 5.32 Å². The van der Waals surface area contributed by atoms with Crippen molar-refractivity contribution in [3.8, 4) is 0 Å². The number of esters is 1. The third kappa shape index (κ3) is 6.77. The fourth-order valence-electron chi connectivity index (χ4n) is 2.58. The van der Waals surface area contributed by atoms with Gasteiger partial charge in [0, 0.05) is 18.5 Å². The van der Waals surface area contributed by atoms with Crippen LogP contribution in [0.3, 0.4) is 0 Å². The molecule has 0 spiro atoms. The Bertz CT molecular complexity index is 792. The van der Waals surface area contributed by atoms with E-state index in [-0.39, 0.29) is 42.9 Å². The minimum atomic E-state index is -0.330. The number of ether oxygens (including phenoxy) is 1. The standard InChI is InChI=1S/C20H25N3O4S/c1-3-11-23(12-10-18(25)27-4-2)19(26)16-14-28-20(21-16)22-17(24)13-15-8-6-5-7-9-15/h5-9,14H,3-4,10-13H2,1-2H3,(H,21,22,24). The lowest BCUT2D eigenvalue weighted by Crippen LogP contribution is -2.34. The van der Waals surface area contributed by atoms with E-state index in [9.17, 15) is 14.4 Å². The highest BCUT2D eigenvalue weighted by atomic mass is 32.1. The van der Waals surface area contributed by atoms with E-state index in [1.165, 1.54) is 11.3 Å². The molecule has 8 heteroatoms. The molecule has 7 nitrogen and oxygen atoms in total. The van der Waals surface area contributed by atoms with Crippen LogP contribution in [-0.2, 0) is 20.7 Å². The topological polar surface area (TPSA) is 88.6 Å². The van der Waals surface area contributed by atoms with Gasteiger partial charge in [0.2, 0.25) is 5.91 Å². The van der Waals surface area contributed by atoms with Gasteiger partial charge in [0.05, 0.1) is 19.4 Å². The fraction of sp³-hybridized carbons (Fsp3) is 0.400. The highest BCUT2D eigenvalue weighted by Gasteiger charge is 2.20. The molecule has 1 aromatic carbocycles. The summed E-state index contributed by atoms with van der Waals surface area (Å²) in [7, 11) is 0. The van der Waals surface area contributed by atoms with Gasteiger partial charge in [-0.25, -0.2) is 4.98 Å². The van der Waals surface area contributed by atoms with Crippen molar-refractivity contribution in [3.05, 3.63) is 47.0 Å². The lowest BCUT2D eigenvalue weighted by Gasteiger charge is -2.20. The molecule has 2 rings (SSSR count). The van der Waals surface area contributed by atoms with Gasteiger partial charge in [0.15, 0.2) is 5.13 Å². The number of thiazole rings is 1. The van der Waals surface area contributed by atoms with Crippen LogP contribution >= 0.6 is 11.3 Å². The second kappa shape index (κ2) is 11.2. The summed E-state index contributed by atoms with van der Waals surface area (Å²) in [4.78, 5) is 42.2. The first-order valence-corrected chi connectivity index (χ1v) is 10.2. The van der Waals surface area contributed by atoms with Crippen molar-refractivity contribution in [2.24, 2.45) is 0 Å². The van der Waals surface area contributed by atoms with Crippen LogP contribution in [0.25, 0.3) is 0 Å². The van der Waals surface area contributed by atoms with Gasteiger partial charge in [-0.1, -0.05) is 37.3 Å². The molecule has 0 aliphatic heterocycles. The van der Waals surface area contributed by atoms with Gasteiger partial charge in [-0.15, -0.1) is 11.3 Å². The number of carbonyl (C=O) groups is 3. The molecule has 2 aromatic rings. The molecular formula is C20H25N3O4S. The maximum atomic E-state index is 12.7. The number of anilines is 1. The largest absolute Gasteiger partial charge is 0.466 e. The normalized spacial score (nSPS) is 10.4. The van der Waals surface area contributed by atoms with Crippen molar-refractivity contribution in [1.82, 2.24) is 9.88 Å². The summed E-state index contributed by atoms with van der Waals surface area (Å²) in [5.74, 6) is -0.776. The molecular weight excluding hydrogens is 378 g/mol. The molecule has 2 amide bonds. The summed E-state index contributed by atoms with van der Waals surface area (Å²) in [6.45, 7) is 4.82. The van der Waals surface area contributed by atoms with E-state index in [0.29, 0.717) is 18.3 Å².